The average molecular weight is 292 g/mol. The van der Waals surface area contributed by atoms with Gasteiger partial charge in [0, 0.05) is 22.2 Å². The number of carbonyl (C=O) groups is 1. The molecule has 0 saturated heterocycles. The standard InChI is InChI=1S/C16H28N4O/c1-7-8-16(5,6)19-14(21)11-9-12(15(2,3)4)18-13(10-11)20-17/h9-10H,7-8,17H2,1-6H3,(H,18,20)(H,19,21). The lowest BCUT2D eigenvalue weighted by atomic mass is 9.90. The fraction of sp³-hybridized carbons (Fsp3) is 0.625. The van der Waals surface area contributed by atoms with E-state index in [1.807, 2.05) is 19.9 Å². The Morgan fingerprint density at radius 2 is 1.86 bits per heavy atom. The summed E-state index contributed by atoms with van der Waals surface area (Å²) in [6, 6.07) is 3.50. The van der Waals surface area contributed by atoms with Crippen LogP contribution in [0, 0.1) is 0 Å². The number of hydrogen-bond acceptors (Lipinski definition) is 4. The number of pyridine rings is 1. The van der Waals surface area contributed by atoms with Crippen LogP contribution in [-0.4, -0.2) is 16.4 Å². The summed E-state index contributed by atoms with van der Waals surface area (Å²) in [6.07, 6.45) is 1.95. The molecule has 0 atom stereocenters. The van der Waals surface area contributed by atoms with Crippen LogP contribution in [0.15, 0.2) is 12.1 Å². The van der Waals surface area contributed by atoms with Crippen LogP contribution in [-0.2, 0) is 5.41 Å². The highest BCUT2D eigenvalue weighted by Gasteiger charge is 2.23. The topological polar surface area (TPSA) is 80.0 Å². The highest BCUT2D eigenvalue weighted by atomic mass is 16.1. The molecule has 0 saturated carbocycles. The molecule has 1 aromatic heterocycles. The fourth-order valence-electron chi connectivity index (χ4n) is 2.19. The largest absolute Gasteiger partial charge is 0.347 e. The molecule has 5 nitrogen and oxygen atoms in total. The van der Waals surface area contributed by atoms with Crippen LogP contribution < -0.4 is 16.6 Å². The van der Waals surface area contributed by atoms with E-state index in [4.69, 9.17) is 5.84 Å². The maximum absolute atomic E-state index is 12.5. The van der Waals surface area contributed by atoms with Crippen molar-refractivity contribution in [1.82, 2.24) is 10.3 Å². The first kappa shape index (κ1) is 17.4. The van der Waals surface area contributed by atoms with Crippen molar-refractivity contribution >= 4 is 11.7 Å². The van der Waals surface area contributed by atoms with Gasteiger partial charge >= 0.3 is 0 Å². The number of carbonyl (C=O) groups excluding carboxylic acids is 1. The third kappa shape index (κ3) is 5.01. The van der Waals surface area contributed by atoms with Crippen molar-refractivity contribution in [3.05, 3.63) is 23.4 Å². The molecule has 1 aromatic rings. The minimum Gasteiger partial charge on any atom is -0.347 e. The Bertz CT molecular complexity index is 503. The van der Waals surface area contributed by atoms with Crippen LogP contribution in [0.2, 0.25) is 0 Å². The van der Waals surface area contributed by atoms with Crippen molar-refractivity contribution in [2.45, 2.75) is 65.3 Å². The van der Waals surface area contributed by atoms with Gasteiger partial charge in [0.1, 0.15) is 5.82 Å². The van der Waals surface area contributed by atoms with Crippen LogP contribution in [0.3, 0.4) is 0 Å². The van der Waals surface area contributed by atoms with Crippen LogP contribution in [0.4, 0.5) is 5.82 Å². The summed E-state index contributed by atoms with van der Waals surface area (Å²) in [4.78, 5) is 16.9. The van der Waals surface area contributed by atoms with E-state index in [0.717, 1.165) is 18.5 Å². The van der Waals surface area contributed by atoms with Gasteiger partial charge in [-0.1, -0.05) is 34.1 Å². The lowest BCUT2D eigenvalue weighted by Crippen LogP contribution is -2.43. The van der Waals surface area contributed by atoms with E-state index in [-0.39, 0.29) is 16.9 Å². The van der Waals surface area contributed by atoms with Crippen LogP contribution >= 0.6 is 0 Å². The Labute approximate surface area is 127 Å². The predicted octanol–water partition coefficient (Wildman–Crippen LogP) is 2.97. The number of nitrogens with zero attached hydrogens (tertiary/aromatic N) is 1. The molecule has 0 bridgehead atoms. The molecule has 0 unspecified atom stereocenters. The van der Waals surface area contributed by atoms with Gasteiger partial charge in [0.25, 0.3) is 5.91 Å². The Morgan fingerprint density at radius 3 is 2.33 bits per heavy atom. The maximum Gasteiger partial charge on any atom is 0.251 e. The maximum atomic E-state index is 12.5. The molecule has 1 amide bonds. The zero-order chi connectivity index (χ0) is 16.3. The van der Waals surface area contributed by atoms with E-state index in [0.29, 0.717) is 11.4 Å². The second kappa shape index (κ2) is 6.43. The number of hydrazine groups is 1. The molecule has 21 heavy (non-hydrogen) atoms. The molecule has 4 N–H and O–H groups in total. The second-order valence-corrected chi connectivity index (χ2v) is 7.11. The quantitative estimate of drug-likeness (QED) is 0.576. The Morgan fingerprint density at radius 1 is 1.24 bits per heavy atom. The SMILES string of the molecule is CCCC(C)(C)NC(=O)c1cc(NN)nc(C(C)(C)C)c1. The minimum absolute atomic E-state index is 0.0992. The smallest absolute Gasteiger partial charge is 0.251 e. The summed E-state index contributed by atoms with van der Waals surface area (Å²) in [5, 5.41) is 3.07. The van der Waals surface area contributed by atoms with Gasteiger partial charge in [-0.3, -0.25) is 4.79 Å². The molecule has 0 aliphatic rings. The molecule has 0 aliphatic carbocycles. The number of aromatic nitrogens is 1. The number of rotatable bonds is 5. The molecule has 0 aliphatic heterocycles. The second-order valence-electron chi connectivity index (χ2n) is 7.11. The zero-order valence-corrected chi connectivity index (χ0v) is 14.0. The molecular formula is C16H28N4O. The van der Waals surface area contributed by atoms with E-state index >= 15 is 0 Å². The lowest BCUT2D eigenvalue weighted by molar-refractivity contribution is 0.0909. The van der Waals surface area contributed by atoms with E-state index in [1.165, 1.54) is 0 Å². The van der Waals surface area contributed by atoms with E-state index in [1.54, 1.807) is 6.07 Å². The normalized spacial score (nSPS) is 12.1. The first-order valence-corrected chi connectivity index (χ1v) is 7.41. The van der Waals surface area contributed by atoms with Gasteiger partial charge in [-0.25, -0.2) is 10.8 Å². The van der Waals surface area contributed by atoms with Gasteiger partial charge in [0.05, 0.1) is 0 Å². The van der Waals surface area contributed by atoms with Crippen molar-refractivity contribution in [3.8, 4) is 0 Å². The molecule has 0 fully saturated rings. The summed E-state index contributed by atoms with van der Waals surface area (Å²) < 4.78 is 0. The van der Waals surface area contributed by atoms with Crippen molar-refractivity contribution < 1.29 is 4.79 Å². The molecule has 0 radical (unpaired) electrons. The fourth-order valence-corrected chi connectivity index (χ4v) is 2.19. The first-order chi connectivity index (χ1) is 9.59. The monoisotopic (exact) mass is 292 g/mol. The van der Waals surface area contributed by atoms with Gasteiger partial charge in [-0.15, -0.1) is 0 Å². The summed E-state index contributed by atoms with van der Waals surface area (Å²) in [5.74, 6) is 5.86. The number of nitrogens with two attached hydrogens (primary N) is 1. The molecule has 0 aromatic carbocycles. The third-order valence-corrected chi connectivity index (χ3v) is 3.33. The molecule has 5 heteroatoms. The molecule has 1 heterocycles. The van der Waals surface area contributed by atoms with Gasteiger partial charge in [0.2, 0.25) is 0 Å². The number of nitrogen functional groups attached to an aromatic ring is 1. The highest BCUT2D eigenvalue weighted by molar-refractivity contribution is 5.95. The average Bonchev–Trinajstić information content (AvgIpc) is 2.36. The van der Waals surface area contributed by atoms with Crippen LogP contribution in [0.1, 0.15) is 70.4 Å². The summed E-state index contributed by atoms with van der Waals surface area (Å²) in [5.41, 5.74) is 3.56. The molecule has 118 valence electrons. The Kier molecular flexibility index (Phi) is 5.34. The van der Waals surface area contributed by atoms with E-state index in [9.17, 15) is 4.79 Å². The van der Waals surface area contributed by atoms with Crippen LogP contribution in [0.25, 0.3) is 0 Å². The number of amides is 1. The Balaban J connectivity index is 3.09. The van der Waals surface area contributed by atoms with Crippen molar-refractivity contribution in [3.63, 3.8) is 0 Å². The van der Waals surface area contributed by atoms with Crippen molar-refractivity contribution in [2.24, 2.45) is 5.84 Å². The number of nitrogens with one attached hydrogen (secondary N) is 2. The summed E-state index contributed by atoms with van der Waals surface area (Å²) in [7, 11) is 0. The summed E-state index contributed by atoms with van der Waals surface area (Å²) in [6.45, 7) is 12.3. The number of hydrogen-bond donors (Lipinski definition) is 3. The first-order valence-electron chi connectivity index (χ1n) is 7.41. The predicted molar refractivity (Wildman–Crippen MR) is 87.2 cm³/mol. The minimum atomic E-state index is -0.229. The van der Waals surface area contributed by atoms with Gasteiger partial charge in [-0.05, 0) is 32.4 Å². The Hall–Kier alpha value is -1.62. The highest BCUT2D eigenvalue weighted by Crippen LogP contribution is 2.23. The van der Waals surface area contributed by atoms with Gasteiger partial charge < -0.3 is 10.7 Å². The van der Waals surface area contributed by atoms with Crippen LogP contribution in [0.5, 0.6) is 0 Å². The number of anilines is 1. The molecule has 1 rings (SSSR count). The molecule has 0 spiro atoms. The molecular weight excluding hydrogens is 264 g/mol. The van der Waals surface area contributed by atoms with Gasteiger partial charge in [0.15, 0.2) is 0 Å². The lowest BCUT2D eigenvalue weighted by Gasteiger charge is -2.26. The van der Waals surface area contributed by atoms with Crippen molar-refractivity contribution in [2.75, 3.05) is 5.43 Å². The van der Waals surface area contributed by atoms with E-state index in [2.05, 4.69) is 43.4 Å². The van der Waals surface area contributed by atoms with Gasteiger partial charge in [-0.2, -0.15) is 0 Å². The zero-order valence-electron chi connectivity index (χ0n) is 14.0. The van der Waals surface area contributed by atoms with Crippen molar-refractivity contribution in [1.29, 1.82) is 0 Å². The summed E-state index contributed by atoms with van der Waals surface area (Å²) >= 11 is 0. The van der Waals surface area contributed by atoms with E-state index < -0.39 is 0 Å². The third-order valence-electron chi connectivity index (χ3n) is 3.33.